The van der Waals surface area contributed by atoms with E-state index in [0.717, 1.165) is 16.6 Å². The Kier molecular flexibility index (Phi) is 5.41. The molecule has 0 bridgehead atoms. The normalized spacial score (nSPS) is 11.1. The highest BCUT2D eigenvalue weighted by atomic mass is 35.5. The third-order valence-electron chi connectivity index (χ3n) is 3.88. The third kappa shape index (κ3) is 4.22. The number of amides is 1. The van der Waals surface area contributed by atoms with Crippen molar-refractivity contribution in [1.29, 1.82) is 0 Å². The number of aromatic nitrogens is 2. The van der Waals surface area contributed by atoms with E-state index in [9.17, 15) is 4.79 Å². The molecule has 1 heterocycles. The lowest BCUT2D eigenvalue weighted by atomic mass is 10.2. The van der Waals surface area contributed by atoms with Gasteiger partial charge in [-0.3, -0.25) is 9.78 Å². The molecule has 126 valence electrons. The van der Waals surface area contributed by atoms with E-state index in [1.54, 1.807) is 17.2 Å². The predicted molar refractivity (Wildman–Crippen MR) is 101 cm³/mol. The molecular weight excluding hydrogens is 334 g/mol. The van der Waals surface area contributed by atoms with E-state index >= 15 is 0 Å². The zero-order valence-corrected chi connectivity index (χ0v) is 14.6. The van der Waals surface area contributed by atoms with Crippen LogP contribution in [0, 0.1) is 0 Å². The first-order chi connectivity index (χ1) is 12.2. The molecule has 0 aliphatic carbocycles. The Morgan fingerprint density at radius 3 is 2.60 bits per heavy atom. The molecule has 1 amide bonds. The smallest absolute Gasteiger partial charge is 0.246 e. The Hall–Kier alpha value is -2.72. The molecule has 5 heteroatoms. The summed E-state index contributed by atoms with van der Waals surface area (Å²) in [4.78, 5) is 23.0. The van der Waals surface area contributed by atoms with Gasteiger partial charge >= 0.3 is 0 Å². The number of likely N-dealkylation sites (N-methyl/N-ethyl adjacent to an activating group) is 1. The maximum absolute atomic E-state index is 12.5. The molecule has 2 aromatic carbocycles. The van der Waals surface area contributed by atoms with E-state index in [-0.39, 0.29) is 5.91 Å². The molecular formula is C20H18ClN3O. The summed E-state index contributed by atoms with van der Waals surface area (Å²) < 4.78 is 0. The average molecular weight is 352 g/mol. The van der Waals surface area contributed by atoms with Crippen molar-refractivity contribution in [3.05, 3.63) is 77.1 Å². The van der Waals surface area contributed by atoms with Crippen LogP contribution >= 0.6 is 11.6 Å². The number of carbonyl (C=O) groups is 1. The molecule has 0 aliphatic rings. The number of benzene rings is 2. The van der Waals surface area contributed by atoms with E-state index in [1.165, 1.54) is 6.08 Å². The first kappa shape index (κ1) is 17.1. The van der Waals surface area contributed by atoms with Gasteiger partial charge in [0.2, 0.25) is 5.91 Å². The molecule has 3 aromatic rings. The second-order valence-electron chi connectivity index (χ2n) is 5.56. The van der Waals surface area contributed by atoms with Crippen LogP contribution in [-0.2, 0) is 11.3 Å². The Labute approximate surface area is 151 Å². The molecule has 0 fully saturated rings. The van der Waals surface area contributed by atoms with Crippen molar-refractivity contribution < 1.29 is 4.79 Å². The highest BCUT2D eigenvalue weighted by molar-refractivity contribution is 6.31. The number of fused-ring (bicyclic) bond motifs is 1. The number of nitrogens with zero attached hydrogens (tertiary/aromatic N) is 3. The summed E-state index contributed by atoms with van der Waals surface area (Å²) >= 11 is 6.18. The molecule has 25 heavy (non-hydrogen) atoms. The first-order valence-corrected chi connectivity index (χ1v) is 8.47. The van der Waals surface area contributed by atoms with E-state index in [4.69, 9.17) is 11.6 Å². The molecule has 0 spiro atoms. The summed E-state index contributed by atoms with van der Waals surface area (Å²) in [7, 11) is 0. The van der Waals surface area contributed by atoms with E-state index in [1.807, 2.05) is 55.5 Å². The van der Waals surface area contributed by atoms with Crippen molar-refractivity contribution in [3.8, 4) is 0 Å². The molecule has 0 N–H and O–H groups in total. The highest BCUT2D eigenvalue weighted by Gasteiger charge is 2.11. The lowest BCUT2D eigenvalue weighted by Gasteiger charge is -2.19. The van der Waals surface area contributed by atoms with E-state index in [2.05, 4.69) is 9.97 Å². The third-order valence-corrected chi connectivity index (χ3v) is 4.25. The van der Waals surface area contributed by atoms with Gasteiger partial charge in [-0.2, -0.15) is 0 Å². The van der Waals surface area contributed by atoms with Gasteiger partial charge in [0.05, 0.1) is 22.9 Å². The zero-order chi connectivity index (χ0) is 17.6. The number of hydrogen-bond acceptors (Lipinski definition) is 3. The van der Waals surface area contributed by atoms with Gasteiger partial charge in [-0.05, 0) is 36.8 Å². The maximum Gasteiger partial charge on any atom is 0.246 e. The van der Waals surface area contributed by atoms with Gasteiger partial charge in [-0.25, -0.2) is 4.98 Å². The van der Waals surface area contributed by atoms with Crippen molar-refractivity contribution >= 4 is 34.6 Å². The lowest BCUT2D eigenvalue weighted by molar-refractivity contribution is -0.126. The molecule has 0 saturated heterocycles. The summed E-state index contributed by atoms with van der Waals surface area (Å²) in [5.74, 6) is -0.0858. The number of hydrogen-bond donors (Lipinski definition) is 0. The van der Waals surface area contributed by atoms with Crippen molar-refractivity contribution in [2.24, 2.45) is 0 Å². The van der Waals surface area contributed by atoms with Crippen LogP contribution in [0.5, 0.6) is 0 Å². The standard InChI is InChI=1S/C20H18ClN3O/c1-2-24(14-15-7-3-4-8-17(15)21)20(25)12-11-16-13-22-18-9-5-6-10-19(18)23-16/h3-13H,2,14H2,1H3/b12-11+. The fourth-order valence-electron chi connectivity index (χ4n) is 2.49. The Bertz CT molecular complexity index is 923. The highest BCUT2D eigenvalue weighted by Crippen LogP contribution is 2.17. The Morgan fingerprint density at radius 2 is 1.84 bits per heavy atom. The summed E-state index contributed by atoms with van der Waals surface area (Å²) in [6, 6.07) is 15.2. The van der Waals surface area contributed by atoms with Crippen LogP contribution in [0.1, 0.15) is 18.2 Å². The van der Waals surface area contributed by atoms with Gasteiger partial charge in [-0.15, -0.1) is 0 Å². The fraction of sp³-hybridized carbons (Fsp3) is 0.150. The Morgan fingerprint density at radius 1 is 1.12 bits per heavy atom. The SMILES string of the molecule is CCN(Cc1ccccc1Cl)C(=O)/C=C/c1cnc2ccccc2n1. The molecule has 4 nitrogen and oxygen atoms in total. The van der Waals surface area contributed by atoms with Gasteiger partial charge < -0.3 is 4.90 Å². The van der Waals surface area contributed by atoms with Gasteiger partial charge in [0.15, 0.2) is 0 Å². The van der Waals surface area contributed by atoms with Crippen molar-refractivity contribution in [3.63, 3.8) is 0 Å². The maximum atomic E-state index is 12.5. The van der Waals surface area contributed by atoms with Crippen molar-refractivity contribution in [2.45, 2.75) is 13.5 Å². The van der Waals surface area contributed by atoms with Gasteiger partial charge in [0, 0.05) is 24.2 Å². The summed E-state index contributed by atoms with van der Waals surface area (Å²) in [6.45, 7) is 3.01. The van der Waals surface area contributed by atoms with Crippen molar-refractivity contribution in [2.75, 3.05) is 6.54 Å². The van der Waals surface area contributed by atoms with Gasteiger partial charge in [0.25, 0.3) is 0 Å². The monoisotopic (exact) mass is 351 g/mol. The van der Waals surface area contributed by atoms with Crippen LogP contribution in [0.25, 0.3) is 17.1 Å². The topological polar surface area (TPSA) is 46.1 Å². The van der Waals surface area contributed by atoms with Crippen LogP contribution < -0.4 is 0 Å². The van der Waals surface area contributed by atoms with Crippen molar-refractivity contribution in [1.82, 2.24) is 14.9 Å². The molecule has 0 unspecified atom stereocenters. The lowest BCUT2D eigenvalue weighted by Crippen LogP contribution is -2.28. The molecule has 0 aliphatic heterocycles. The molecule has 0 radical (unpaired) electrons. The van der Waals surface area contributed by atoms with Crippen LogP contribution in [-0.4, -0.2) is 27.3 Å². The minimum atomic E-state index is -0.0858. The fourth-order valence-corrected chi connectivity index (χ4v) is 2.69. The number of halogens is 1. The second kappa shape index (κ2) is 7.90. The Balaban J connectivity index is 1.74. The molecule has 0 atom stereocenters. The predicted octanol–water partition coefficient (Wildman–Crippen LogP) is 4.35. The number of carbonyl (C=O) groups excluding carboxylic acids is 1. The van der Waals surface area contributed by atoms with Crippen LogP contribution in [0.4, 0.5) is 0 Å². The molecule has 1 aromatic heterocycles. The van der Waals surface area contributed by atoms with Crippen LogP contribution in [0.3, 0.4) is 0 Å². The average Bonchev–Trinajstić information content (AvgIpc) is 2.65. The van der Waals surface area contributed by atoms with Gasteiger partial charge in [-0.1, -0.05) is 41.9 Å². The first-order valence-electron chi connectivity index (χ1n) is 8.09. The molecule has 0 saturated carbocycles. The molecule has 3 rings (SSSR count). The van der Waals surface area contributed by atoms with E-state index in [0.29, 0.717) is 23.8 Å². The van der Waals surface area contributed by atoms with Crippen LogP contribution in [0.2, 0.25) is 5.02 Å². The zero-order valence-electron chi connectivity index (χ0n) is 13.9. The van der Waals surface area contributed by atoms with Crippen LogP contribution in [0.15, 0.2) is 60.8 Å². The second-order valence-corrected chi connectivity index (χ2v) is 5.97. The number of para-hydroxylation sites is 2. The van der Waals surface area contributed by atoms with E-state index < -0.39 is 0 Å². The summed E-state index contributed by atoms with van der Waals surface area (Å²) in [6.07, 6.45) is 4.88. The van der Waals surface area contributed by atoms with Gasteiger partial charge in [0.1, 0.15) is 0 Å². The largest absolute Gasteiger partial charge is 0.335 e. The summed E-state index contributed by atoms with van der Waals surface area (Å²) in [5, 5.41) is 0.665. The number of rotatable bonds is 5. The minimum Gasteiger partial charge on any atom is -0.335 e. The quantitative estimate of drug-likeness (QED) is 0.642. The summed E-state index contributed by atoms with van der Waals surface area (Å²) in [5.41, 5.74) is 3.22. The minimum absolute atomic E-state index is 0.0858.